The predicted octanol–water partition coefficient (Wildman–Crippen LogP) is 4.54. The number of aryl methyl sites for hydroxylation is 1. The number of hydrogen-bond donors (Lipinski definition) is 1. The van der Waals surface area contributed by atoms with Crippen LogP contribution in [0.3, 0.4) is 0 Å². The second kappa shape index (κ2) is 8.42. The van der Waals surface area contributed by atoms with Gasteiger partial charge in [-0.25, -0.2) is 4.79 Å². The molecule has 0 radical (unpaired) electrons. The van der Waals surface area contributed by atoms with Crippen LogP contribution in [0.1, 0.15) is 25.1 Å². The zero-order chi connectivity index (χ0) is 17.5. The lowest BCUT2D eigenvalue weighted by Crippen LogP contribution is -2.08. The Morgan fingerprint density at radius 2 is 2.00 bits per heavy atom. The molecule has 1 aromatic carbocycles. The van der Waals surface area contributed by atoms with Crippen molar-refractivity contribution in [2.75, 3.05) is 12.4 Å². The molecule has 0 aliphatic carbocycles. The Morgan fingerprint density at radius 3 is 2.58 bits per heavy atom. The molecule has 2 rings (SSSR count). The highest BCUT2D eigenvalue weighted by Crippen LogP contribution is 2.35. The molecular weight excluding hydrogens is 320 g/mol. The number of carbonyl (C=O) groups excluding carboxylic acids is 1. The van der Waals surface area contributed by atoms with Crippen molar-refractivity contribution in [3.63, 3.8) is 0 Å². The van der Waals surface area contributed by atoms with Gasteiger partial charge in [0.25, 0.3) is 0 Å². The maximum Gasteiger partial charge on any atom is 0.350 e. The molecule has 4 nitrogen and oxygen atoms in total. The van der Waals surface area contributed by atoms with Gasteiger partial charge in [0, 0.05) is 21.9 Å². The van der Waals surface area contributed by atoms with Gasteiger partial charge in [-0.2, -0.15) is 5.26 Å². The third-order valence-electron chi connectivity index (χ3n) is 3.45. The van der Waals surface area contributed by atoms with Crippen LogP contribution in [-0.4, -0.2) is 23.3 Å². The first kappa shape index (κ1) is 17.9. The third kappa shape index (κ3) is 3.90. The van der Waals surface area contributed by atoms with Crippen LogP contribution in [0.5, 0.6) is 0 Å². The van der Waals surface area contributed by atoms with Crippen LogP contribution in [0, 0.1) is 18.3 Å². The van der Waals surface area contributed by atoms with Crippen molar-refractivity contribution in [1.29, 1.82) is 5.26 Å². The fourth-order valence-corrected chi connectivity index (χ4v) is 3.32. The van der Waals surface area contributed by atoms with Crippen LogP contribution in [-0.2, 0) is 9.53 Å². The SMILES string of the molecule is CCOC(=O)C(C#N)=C(SCC)c1cc(-c2ccccc2)[nH]c1C. The van der Waals surface area contributed by atoms with Crippen molar-refractivity contribution in [3.8, 4) is 17.3 Å². The Bertz CT molecular complexity index is 785. The van der Waals surface area contributed by atoms with Crippen LogP contribution in [0.15, 0.2) is 42.0 Å². The van der Waals surface area contributed by atoms with Crippen molar-refractivity contribution in [2.24, 2.45) is 0 Å². The molecule has 24 heavy (non-hydrogen) atoms. The number of aromatic amines is 1. The first-order chi connectivity index (χ1) is 11.6. The zero-order valence-electron chi connectivity index (χ0n) is 14.1. The van der Waals surface area contributed by atoms with E-state index in [4.69, 9.17) is 4.74 Å². The van der Waals surface area contributed by atoms with Gasteiger partial charge in [0.2, 0.25) is 0 Å². The van der Waals surface area contributed by atoms with E-state index in [0.717, 1.165) is 28.3 Å². The molecule has 0 spiro atoms. The maximum absolute atomic E-state index is 12.1. The van der Waals surface area contributed by atoms with E-state index < -0.39 is 5.97 Å². The molecule has 5 heteroatoms. The number of carbonyl (C=O) groups is 1. The molecule has 0 amide bonds. The molecule has 124 valence electrons. The van der Waals surface area contributed by atoms with Crippen LogP contribution < -0.4 is 0 Å². The first-order valence-electron chi connectivity index (χ1n) is 7.82. The van der Waals surface area contributed by atoms with E-state index in [1.165, 1.54) is 11.8 Å². The molecule has 0 aliphatic rings. The van der Waals surface area contributed by atoms with Crippen LogP contribution in [0.2, 0.25) is 0 Å². The van der Waals surface area contributed by atoms with E-state index in [2.05, 4.69) is 4.98 Å². The van der Waals surface area contributed by atoms with Crippen molar-refractivity contribution in [3.05, 3.63) is 53.2 Å². The minimum Gasteiger partial charge on any atom is -0.462 e. The number of benzene rings is 1. The average Bonchev–Trinajstić information content (AvgIpc) is 2.97. The van der Waals surface area contributed by atoms with Gasteiger partial charge in [0.05, 0.1) is 6.61 Å². The average molecular weight is 340 g/mol. The number of hydrogen-bond acceptors (Lipinski definition) is 4. The number of H-pyrrole nitrogens is 1. The van der Waals surface area contributed by atoms with E-state index in [1.807, 2.05) is 56.3 Å². The molecule has 0 atom stereocenters. The normalized spacial score (nSPS) is 11.6. The van der Waals surface area contributed by atoms with Gasteiger partial charge in [0.1, 0.15) is 6.07 Å². The molecule has 2 aromatic rings. The summed E-state index contributed by atoms with van der Waals surface area (Å²) >= 11 is 1.48. The quantitative estimate of drug-likeness (QED) is 0.476. The Balaban J connectivity index is 2.55. The number of nitrogens with one attached hydrogen (secondary N) is 1. The summed E-state index contributed by atoms with van der Waals surface area (Å²) in [6.45, 7) is 5.91. The lowest BCUT2D eigenvalue weighted by molar-refractivity contribution is -0.137. The molecule has 0 aliphatic heterocycles. The zero-order valence-corrected chi connectivity index (χ0v) is 14.9. The van der Waals surface area contributed by atoms with Crippen LogP contribution in [0.4, 0.5) is 0 Å². The highest BCUT2D eigenvalue weighted by Gasteiger charge is 2.21. The summed E-state index contributed by atoms with van der Waals surface area (Å²) in [5, 5.41) is 9.46. The number of esters is 1. The van der Waals surface area contributed by atoms with Crippen LogP contribution in [0.25, 0.3) is 16.2 Å². The van der Waals surface area contributed by atoms with E-state index in [0.29, 0.717) is 4.91 Å². The molecular formula is C19H20N2O2S. The van der Waals surface area contributed by atoms with Gasteiger partial charge in [-0.05, 0) is 31.2 Å². The van der Waals surface area contributed by atoms with E-state index in [9.17, 15) is 10.1 Å². The van der Waals surface area contributed by atoms with Gasteiger partial charge in [-0.1, -0.05) is 37.3 Å². The highest BCUT2D eigenvalue weighted by atomic mass is 32.2. The number of rotatable bonds is 6. The molecule has 0 unspecified atom stereocenters. The summed E-state index contributed by atoms with van der Waals surface area (Å²) in [6.07, 6.45) is 0. The topological polar surface area (TPSA) is 65.9 Å². The Hall–Kier alpha value is -2.45. The van der Waals surface area contributed by atoms with Gasteiger partial charge in [-0.15, -0.1) is 11.8 Å². The smallest absolute Gasteiger partial charge is 0.350 e. The Labute approximate surface area is 146 Å². The molecule has 0 saturated carbocycles. The lowest BCUT2D eigenvalue weighted by atomic mass is 10.1. The van der Waals surface area contributed by atoms with Crippen molar-refractivity contribution in [1.82, 2.24) is 4.98 Å². The monoisotopic (exact) mass is 340 g/mol. The number of thioether (sulfide) groups is 1. The predicted molar refractivity (Wildman–Crippen MR) is 98.3 cm³/mol. The maximum atomic E-state index is 12.1. The van der Waals surface area contributed by atoms with Crippen LogP contribution >= 0.6 is 11.8 Å². The van der Waals surface area contributed by atoms with E-state index >= 15 is 0 Å². The van der Waals surface area contributed by atoms with Crippen molar-refractivity contribution in [2.45, 2.75) is 20.8 Å². The second-order valence-electron chi connectivity index (χ2n) is 5.06. The number of ether oxygens (including phenoxy) is 1. The molecule has 0 bridgehead atoms. The van der Waals surface area contributed by atoms with Crippen molar-refractivity contribution >= 4 is 22.6 Å². The van der Waals surface area contributed by atoms with Gasteiger partial charge in [-0.3, -0.25) is 0 Å². The number of aromatic nitrogens is 1. The summed E-state index contributed by atoms with van der Waals surface area (Å²) < 4.78 is 5.03. The van der Waals surface area contributed by atoms with Gasteiger partial charge < -0.3 is 9.72 Å². The minimum atomic E-state index is -0.571. The van der Waals surface area contributed by atoms with Crippen molar-refractivity contribution < 1.29 is 9.53 Å². The number of nitrogens with zero attached hydrogens (tertiary/aromatic N) is 1. The molecule has 0 fully saturated rings. The lowest BCUT2D eigenvalue weighted by Gasteiger charge is -2.08. The van der Waals surface area contributed by atoms with E-state index in [-0.39, 0.29) is 12.2 Å². The summed E-state index contributed by atoms with van der Waals surface area (Å²) in [5.74, 6) is 0.184. The summed E-state index contributed by atoms with van der Waals surface area (Å²) in [6, 6.07) is 13.9. The third-order valence-corrected chi connectivity index (χ3v) is 4.45. The Kier molecular flexibility index (Phi) is 6.28. The summed E-state index contributed by atoms with van der Waals surface area (Å²) in [4.78, 5) is 16.1. The molecule has 0 saturated heterocycles. The summed E-state index contributed by atoms with van der Waals surface area (Å²) in [7, 11) is 0. The van der Waals surface area contributed by atoms with Gasteiger partial charge >= 0.3 is 5.97 Å². The largest absolute Gasteiger partial charge is 0.462 e. The Morgan fingerprint density at radius 1 is 1.29 bits per heavy atom. The number of nitriles is 1. The van der Waals surface area contributed by atoms with E-state index in [1.54, 1.807) is 6.92 Å². The first-order valence-corrected chi connectivity index (χ1v) is 8.80. The summed E-state index contributed by atoms with van der Waals surface area (Å²) in [5.41, 5.74) is 3.86. The highest BCUT2D eigenvalue weighted by molar-refractivity contribution is 8.08. The standard InChI is InChI=1S/C19H20N2O2S/c1-4-23-19(22)16(12-20)18(24-5-2)15-11-17(21-13(15)3)14-9-7-6-8-10-14/h6-11,21H,4-5H2,1-3H3. The molecule has 1 aromatic heterocycles. The fraction of sp³-hybridized carbons (Fsp3) is 0.263. The second-order valence-corrected chi connectivity index (χ2v) is 6.33. The van der Waals surface area contributed by atoms with Gasteiger partial charge in [0.15, 0.2) is 5.57 Å². The minimum absolute atomic E-state index is 0.0606. The molecule has 1 N–H and O–H groups in total. The molecule has 1 heterocycles. The fourth-order valence-electron chi connectivity index (χ4n) is 2.39.